The molecule has 2 N–H and O–H groups in total. The highest BCUT2D eigenvalue weighted by Crippen LogP contribution is 2.22. The average molecular weight is 355 g/mol. The third kappa shape index (κ3) is 3.43. The summed E-state index contributed by atoms with van der Waals surface area (Å²) in [6.07, 6.45) is 0. The van der Waals surface area contributed by atoms with Gasteiger partial charge in [-0.1, -0.05) is 22.0 Å². The zero-order chi connectivity index (χ0) is 14.7. The Hall–Kier alpha value is -1.73. The Balaban J connectivity index is 2.17. The summed E-state index contributed by atoms with van der Waals surface area (Å²) in [5, 5.41) is 10.6. The molecule has 0 saturated carbocycles. The van der Waals surface area contributed by atoms with Gasteiger partial charge in [-0.2, -0.15) is 0 Å². The summed E-state index contributed by atoms with van der Waals surface area (Å²) in [5.41, 5.74) is 7.19. The van der Waals surface area contributed by atoms with Gasteiger partial charge in [0.1, 0.15) is 0 Å². The fraction of sp³-hybridized carbons (Fsp3) is 0.0769. The van der Waals surface area contributed by atoms with Crippen molar-refractivity contribution in [3.63, 3.8) is 0 Å². The Morgan fingerprint density at radius 2 is 1.85 bits per heavy atom. The van der Waals surface area contributed by atoms with Crippen molar-refractivity contribution in [2.45, 2.75) is 10.6 Å². The molecule has 0 aliphatic rings. The van der Waals surface area contributed by atoms with E-state index < -0.39 is 15.7 Å². The van der Waals surface area contributed by atoms with Crippen LogP contribution in [0.1, 0.15) is 5.56 Å². The maximum Gasteiger partial charge on any atom is 0.269 e. The lowest BCUT2D eigenvalue weighted by Crippen LogP contribution is -2.00. The number of nitrogens with zero attached hydrogens (tertiary/aromatic N) is 1. The van der Waals surface area contributed by atoms with Gasteiger partial charge in [-0.15, -0.1) is 0 Å². The molecule has 2 rings (SSSR count). The van der Waals surface area contributed by atoms with Gasteiger partial charge in [0.05, 0.1) is 21.5 Å². The largest absolute Gasteiger partial charge is 0.398 e. The molecule has 0 fully saturated rings. The minimum Gasteiger partial charge on any atom is -0.398 e. The van der Waals surface area contributed by atoms with Gasteiger partial charge in [0.15, 0.2) is 0 Å². The van der Waals surface area contributed by atoms with Crippen molar-refractivity contribution in [1.29, 1.82) is 0 Å². The molecule has 0 aromatic heterocycles. The smallest absolute Gasteiger partial charge is 0.269 e. The van der Waals surface area contributed by atoms with Gasteiger partial charge in [-0.25, -0.2) is 0 Å². The number of nitro benzene ring substituents is 1. The van der Waals surface area contributed by atoms with E-state index in [1.54, 1.807) is 6.07 Å². The van der Waals surface area contributed by atoms with E-state index in [2.05, 4.69) is 15.9 Å². The number of anilines is 1. The first-order valence-corrected chi connectivity index (χ1v) is 7.75. The monoisotopic (exact) mass is 354 g/mol. The fourth-order valence-corrected chi connectivity index (χ4v) is 3.17. The van der Waals surface area contributed by atoms with Crippen LogP contribution in [0.3, 0.4) is 0 Å². The van der Waals surface area contributed by atoms with Crippen molar-refractivity contribution < 1.29 is 9.13 Å². The molecule has 2 aromatic carbocycles. The second-order valence-corrected chi connectivity index (χ2v) is 6.45. The molecule has 0 heterocycles. The van der Waals surface area contributed by atoms with Crippen molar-refractivity contribution in [3.05, 3.63) is 62.6 Å². The van der Waals surface area contributed by atoms with Crippen LogP contribution in [0.5, 0.6) is 0 Å². The molecular formula is C13H11BrN2O3S. The summed E-state index contributed by atoms with van der Waals surface area (Å²) in [6, 6.07) is 11.1. The van der Waals surface area contributed by atoms with Gasteiger partial charge >= 0.3 is 0 Å². The zero-order valence-corrected chi connectivity index (χ0v) is 12.7. The highest BCUT2D eigenvalue weighted by molar-refractivity contribution is 9.10. The van der Waals surface area contributed by atoms with E-state index in [0.29, 0.717) is 10.6 Å². The second kappa shape index (κ2) is 6.15. The topological polar surface area (TPSA) is 86.2 Å². The standard InChI is InChI=1S/C13H11BrN2O3S/c14-10-2-1-9(13(15)7-10)8-20(19)12-5-3-11(4-6-12)16(17)18/h1-7H,8,15H2. The summed E-state index contributed by atoms with van der Waals surface area (Å²) in [4.78, 5) is 10.6. The molecule has 2 aromatic rings. The third-order valence-electron chi connectivity index (χ3n) is 2.70. The van der Waals surface area contributed by atoms with Crippen LogP contribution < -0.4 is 5.73 Å². The number of benzene rings is 2. The summed E-state index contributed by atoms with van der Waals surface area (Å²) in [6.45, 7) is 0. The molecule has 104 valence electrons. The molecule has 1 atom stereocenters. The number of nitro groups is 1. The highest BCUT2D eigenvalue weighted by atomic mass is 79.9. The molecule has 0 amide bonds. The lowest BCUT2D eigenvalue weighted by molar-refractivity contribution is -0.384. The highest BCUT2D eigenvalue weighted by Gasteiger charge is 2.10. The van der Waals surface area contributed by atoms with E-state index in [1.165, 1.54) is 24.3 Å². The van der Waals surface area contributed by atoms with Crippen LogP contribution in [0, 0.1) is 10.1 Å². The van der Waals surface area contributed by atoms with E-state index in [4.69, 9.17) is 5.73 Å². The van der Waals surface area contributed by atoms with Gasteiger partial charge in [-0.05, 0) is 29.8 Å². The van der Waals surface area contributed by atoms with Gasteiger partial charge in [-0.3, -0.25) is 14.3 Å². The van der Waals surface area contributed by atoms with Crippen LogP contribution in [-0.2, 0) is 16.6 Å². The average Bonchev–Trinajstić information content (AvgIpc) is 2.42. The number of hydrogen-bond acceptors (Lipinski definition) is 4. The maximum atomic E-state index is 12.2. The van der Waals surface area contributed by atoms with Crippen LogP contribution in [0.25, 0.3) is 0 Å². The van der Waals surface area contributed by atoms with Crippen molar-refractivity contribution in [2.75, 3.05) is 5.73 Å². The van der Waals surface area contributed by atoms with Crippen LogP contribution in [0.4, 0.5) is 11.4 Å². The predicted octanol–water partition coefficient (Wildman–Crippen LogP) is 3.25. The van der Waals surface area contributed by atoms with Crippen molar-refractivity contribution >= 4 is 38.1 Å². The number of non-ortho nitro benzene ring substituents is 1. The van der Waals surface area contributed by atoms with E-state index in [-0.39, 0.29) is 11.4 Å². The second-order valence-electron chi connectivity index (χ2n) is 4.08. The normalized spacial score (nSPS) is 12.1. The molecule has 20 heavy (non-hydrogen) atoms. The van der Waals surface area contributed by atoms with Crippen LogP contribution in [0.2, 0.25) is 0 Å². The zero-order valence-electron chi connectivity index (χ0n) is 10.3. The van der Waals surface area contributed by atoms with E-state index >= 15 is 0 Å². The van der Waals surface area contributed by atoms with E-state index in [0.717, 1.165) is 10.0 Å². The Bertz CT molecular complexity index is 674. The minimum absolute atomic E-state index is 0.0195. The van der Waals surface area contributed by atoms with Crippen molar-refractivity contribution in [3.8, 4) is 0 Å². The molecule has 0 aliphatic heterocycles. The van der Waals surface area contributed by atoms with Crippen molar-refractivity contribution in [2.24, 2.45) is 0 Å². The predicted molar refractivity (Wildman–Crippen MR) is 81.8 cm³/mol. The Morgan fingerprint density at radius 1 is 1.20 bits per heavy atom. The molecule has 0 aliphatic carbocycles. The summed E-state index contributed by atoms with van der Waals surface area (Å²) in [7, 11) is -1.29. The quantitative estimate of drug-likeness (QED) is 0.518. The molecule has 7 heteroatoms. The molecule has 5 nitrogen and oxygen atoms in total. The Kier molecular flexibility index (Phi) is 4.51. The third-order valence-corrected chi connectivity index (χ3v) is 4.57. The number of hydrogen-bond donors (Lipinski definition) is 1. The Morgan fingerprint density at radius 3 is 2.40 bits per heavy atom. The molecule has 0 bridgehead atoms. The molecule has 0 spiro atoms. The maximum absolute atomic E-state index is 12.2. The molecule has 0 saturated heterocycles. The first-order valence-electron chi connectivity index (χ1n) is 5.64. The summed E-state index contributed by atoms with van der Waals surface area (Å²) in [5.74, 6) is 0.275. The number of rotatable bonds is 4. The molecular weight excluding hydrogens is 344 g/mol. The number of nitrogen functional groups attached to an aromatic ring is 1. The Labute approximate surface area is 126 Å². The number of nitrogens with two attached hydrogens (primary N) is 1. The first kappa shape index (κ1) is 14.7. The van der Waals surface area contributed by atoms with Crippen molar-refractivity contribution in [1.82, 2.24) is 0 Å². The van der Waals surface area contributed by atoms with E-state index in [1.807, 2.05) is 12.1 Å². The van der Waals surface area contributed by atoms with Gasteiger partial charge in [0.2, 0.25) is 0 Å². The van der Waals surface area contributed by atoms with Crippen LogP contribution in [0.15, 0.2) is 51.8 Å². The first-order chi connectivity index (χ1) is 9.47. The summed E-state index contributed by atoms with van der Waals surface area (Å²) >= 11 is 3.31. The molecule has 1 unspecified atom stereocenters. The van der Waals surface area contributed by atoms with Crippen LogP contribution >= 0.6 is 15.9 Å². The SMILES string of the molecule is Nc1cc(Br)ccc1CS(=O)c1ccc([N+](=O)[O-])cc1. The van der Waals surface area contributed by atoms with Gasteiger partial charge in [0.25, 0.3) is 5.69 Å². The summed E-state index contributed by atoms with van der Waals surface area (Å²) < 4.78 is 13.1. The van der Waals surface area contributed by atoms with E-state index in [9.17, 15) is 14.3 Å². The fourth-order valence-electron chi connectivity index (χ4n) is 1.64. The number of halogens is 1. The van der Waals surface area contributed by atoms with Gasteiger partial charge in [0, 0.05) is 27.2 Å². The lowest BCUT2D eigenvalue weighted by Gasteiger charge is -2.06. The minimum atomic E-state index is -1.29. The van der Waals surface area contributed by atoms with Crippen LogP contribution in [-0.4, -0.2) is 9.13 Å². The lowest BCUT2D eigenvalue weighted by atomic mass is 10.2. The molecule has 0 radical (unpaired) electrons. The van der Waals surface area contributed by atoms with Gasteiger partial charge < -0.3 is 5.73 Å².